The predicted molar refractivity (Wildman–Crippen MR) is 71.3 cm³/mol. The fraction of sp³-hybridized carbons (Fsp3) is 0.917. The van der Waals surface area contributed by atoms with E-state index in [1.165, 1.54) is 25.7 Å². The number of sulfonamides is 1. The SMILES string of the molecule is CCCCCCCCCCS(=O)(=O)NOC(C)=O. The van der Waals surface area contributed by atoms with E-state index >= 15 is 0 Å². The monoisotopic (exact) mass is 279 g/mol. The van der Waals surface area contributed by atoms with Gasteiger partial charge in [0.15, 0.2) is 0 Å². The normalized spacial score (nSPS) is 11.4. The van der Waals surface area contributed by atoms with Crippen molar-refractivity contribution in [3.8, 4) is 0 Å². The van der Waals surface area contributed by atoms with E-state index in [0.29, 0.717) is 6.42 Å². The molecule has 0 heterocycles. The van der Waals surface area contributed by atoms with Crippen molar-refractivity contribution in [3.63, 3.8) is 0 Å². The van der Waals surface area contributed by atoms with Crippen LogP contribution in [0.4, 0.5) is 0 Å². The van der Waals surface area contributed by atoms with Gasteiger partial charge in [0.25, 0.3) is 0 Å². The fourth-order valence-corrected chi connectivity index (χ4v) is 2.50. The van der Waals surface area contributed by atoms with E-state index in [1.54, 1.807) is 4.89 Å². The van der Waals surface area contributed by atoms with E-state index < -0.39 is 16.0 Å². The van der Waals surface area contributed by atoms with Crippen molar-refractivity contribution in [1.29, 1.82) is 0 Å². The number of rotatable bonds is 11. The minimum atomic E-state index is -3.47. The zero-order valence-corrected chi connectivity index (χ0v) is 12.2. The van der Waals surface area contributed by atoms with Gasteiger partial charge in [0, 0.05) is 6.92 Å². The van der Waals surface area contributed by atoms with Crippen molar-refractivity contribution < 1.29 is 18.0 Å². The molecule has 0 rings (SSSR count). The lowest BCUT2D eigenvalue weighted by atomic mass is 10.1. The highest BCUT2D eigenvalue weighted by atomic mass is 32.2. The molecule has 0 fully saturated rings. The van der Waals surface area contributed by atoms with Crippen molar-refractivity contribution in [2.45, 2.75) is 65.2 Å². The molecule has 108 valence electrons. The molecule has 0 atom stereocenters. The molecule has 0 aromatic heterocycles. The molecule has 0 spiro atoms. The minimum Gasteiger partial charge on any atom is -0.356 e. The molecule has 6 heteroatoms. The first-order chi connectivity index (χ1) is 8.48. The van der Waals surface area contributed by atoms with Crippen LogP contribution in [0.2, 0.25) is 0 Å². The molecule has 0 unspecified atom stereocenters. The Balaban J connectivity index is 3.44. The summed E-state index contributed by atoms with van der Waals surface area (Å²) < 4.78 is 22.6. The van der Waals surface area contributed by atoms with E-state index in [0.717, 1.165) is 26.2 Å². The molecule has 0 aliphatic rings. The van der Waals surface area contributed by atoms with Crippen LogP contribution in [0.15, 0.2) is 0 Å². The zero-order valence-electron chi connectivity index (χ0n) is 11.4. The van der Waals surface area contributed by atoms with Gasteiger partial charge < -0.3 is 4.84 Å². The van der Waals surface area contributed by atoms with Crippen LogP contribution in [0.3, 0.4) is 0 Å². The molecule has 18 heavy (non-hydrogen) atoms. The number of unbranched alkanes of at least 4 members (excludes halogenated alkanes) is 7. The lowest BCUT2D eigenvalue weighted by Gasteiger charge is -2.05. The summed E-state index contributed by atoms with van der Waals surface area (Å²) in [6.45, 7) is 3.33. The lowest BCUT2D eigenvalue weighted by Crippen LogP contribution is -2.28. The minimum absolute atomic E-state index is 0.00917. The summed E-state index contributed by atoms with van der Waals surface area (Å²) in [6.07, 6.45) is 8.73. The van der Waals surface area contributed by atoms with Crippen LogP contribution in [0.5, 0.6) is 0 Å². The molecule has 0 radical (unpaired) electrons. The Morgan fingerprint density at radius 2 is 1.50 bits per heavy atom. The Bertz CT molecular complexity index is 314. The Hall–Kier alpha value is -0.620. The maximum absolute atomic E-state index is 11.3. The van der Waals surface area contributed by atoms with Gasteiger partial charge in [-0.3, -0.25) is 4.79 Å². The number of nitrogens with one attached hydrogen (secondary N) is 1. The van der Waals surface area contributed by atoms with Crippen LogP contribution in [0.25, 0.3) is 0 Å². The lowest BCUT2D eigenvalue weighted by molar-refractivity contribution is -0.144. The van der Waals surface area contributed by atoms with Crippen molar-refractivity contribution in [3.05, 3.63) is 0 Å². The molecule has 0 bridgehead atoms. The average Bonchev–Trinajstić information content (AvgIpc) is 2.30. The third kappa shape index (κ3) is 11.9. The molecular formula is C12H25NO4S. The molecule has 0 amide bonds. The smallest absolute Gasteiger partial charge is 0.323 e. The van der Waals surface area contributed by atoms with Crippen LogP contribution in [-0.2, 0) is 19.7 Å². The van der Waals surface area contributed by atoms with E-state index in [4.69, 9.17) is 0 Å². The van der Waals surface area contributed by atoms with E-state index in [1.807, 2.05) is 0 Å². The molecular weight excluding hydrogens is 254 g/mol. The summed E-state index contributed by atoms with van der Waals surface area (Å²) >= 11 is 0. The van der Waals surface area contributed by atoms with E-state index in [-0.39, 0.29) is 5.75 Å². The highest BCUT2D eigenvalue weighted by Crippen LogP contribution is 2.08. The molecule has 0 aliphatic heterocycles. The van der Waals surface area contributed by atoms with Crippen molar-refractivity contribution >= 4 is 16.0 Å². The largest absolute Gasteiger partial charge is 0.356 e. The predicted octanol–water partition coefficient (Wildman–Crippen LogP) is 2.52. The van der Waals surface area contributed by atoms with Crippen molar-refractivity contribution in [2.24, 2.45) is 0 Å². The van der Waals surface area contributed by atoms with Gasteiger partial charge >= 0.3 is 5.97 Å². The Morgan fingerprint density at radius 3 is 2.00 bits per heavy atom. The Morgan fingerprint density at radius 1 is 1.00 bits per heavy atom. The standard InChI is InChI=1S/C12H25NO4S/c1-3-4-5-6-7-8-9-10-11-18(15,16)13-17-12(2)14/h13H,3-11H2,1-2H3. The number of hydrogen-bond acceptors (Lipinski definition) is 4. The Kier molecular flexibility index (Phi) is 9.96. The van der Waals surface area contributed by atoms with Gasteiger partial charge in [0.2, 0.25) is 10.0 Å². The van der Waals surface area contributed by atoms with Gasteiger partial charge in [0.1, 0.15) is 0 Å². The second kappa shape index (κ2) is 10.3. The molecule has 1 N–H and O–H groups in total. The summed E-state index contributed by atoms with van der Waals surface area (Å²) in [6, 6.07) is 0. The third-order valence-electron chi connectivity index (χ3n) is 2.58. The van der Waals surface area contributed by atoms with Crippen LogP contribution in [0.1, 0.15) is 65.2 Å². The first-order valence-corrected chi connectivity index (χ1v) is 8.30. The van der Waals surface area contributed by atoms with Gasteiger partial charge in [-0.15, -0.1) is 0 Å². The topological polar surface area (TPSA) is 72.5 Å². The quantitative estimate of drug-likeness (QED) is 0.466. The van der Waals surface area contributed by atoms with Gasteiger partial charge in [-0.1, -0.05) is 51.9 Å². The molecule has 0 aromatic carbocycles. The maximum atomic E-state index is 11.3. The van der Waals surface area contributed by atoms with Crippen LogP contribution in [0, 0.1) is 0 Å². The first-order valence-electron chi connectivity index (χ1n) is 6.65. The summed E-state index contributed by atoms with van der Waals surface area (Å²) in [5.41, 5.74) is 0. The molecule has 0 aromatic rings. The number of hydrogen-bond donors (Lipinski definition) is 1. The zero-order chi connectivity index (χ0) is 13.9. The molecule has 0 saturated carbocycles. The third-order valence-corrected chi connectivity index (χ3v) is 3.74. The van der Waals surface area contributed by atoms with Crippen LogP contribution < -0.4 is 4.89 Å². The van der Waals surface area contributed by atoms with Gasteiger partial charge in [-0.25, -0.2) is 8.42 Å². The Labute approximate surface area is 110 Å². The van der Waals surface area contributed by atoms with Gasteiger partial charge in [-0.05, 0) is 11.3 Å². The highest BCUT2D eigenvalue weighted by Gasteiger charge is 2.10. The highest BCUT2D eigenvalue weighted by molar-refractivity contribution is 7.89. The second-order valence-corrected chi connectivity index (χ2v) is 6.28. The summed E-state index contributed by atoms with van der Waals surface area (Å²) in [4.78, 5) is 16.5. The summed E-state index contributed by atoms with van der Waals surface area (Å²) in [5.74, 6) is -0.649. The summed E-state index contributed by atoms with van der Waals surface area (Å²) in [5, 5.41) is 0. The second-order valence-electron chi connectivity index (χ2n) is 4.47. The molecule has 0 aliphatic carbocycles. The average molecular weight is 279 g/mol. The molecule has 5 nitrogen and oxygen atoms in total. The molecule has 0 saturated heterocycles. The number of carbonyl (C=O) groups is 1. The number of carbonyl (C=O) groups excluding carboxylic acids is 1. The van der Waals surface area contributed by atoms with Crippen molar-refractivity contribution in [2.75, 3.05) is 5.75 Å². The van der Waals surface area contributed by atoms with Crippen LogP contribution in [-0.4, -0.2) is 20.1 Å². The van der Waals surface area contributed by atoms with Gasteiger partial charge in [-0.2, -0.15) is 0 Å². The maximum Gasteiger partial charge on any atom is 0.323 e. The van der Waals surface area contributed by atoms with E-state index in [9.17, 15) is 13.2 Å². The van der Waals surface area contributed by atoms with Gasteiger partial charge in [0.05, 0.1) is 5.75 Å². The van der Waals surface area contributed by atoms with E-state index in [2.05, 4.69) is 11.8 Å². The summed E-state index contributed by atoms with van der Waals surface area (Å²) in [7, 11) is -3.47. The van der Waals surface area contributed by atoms with Crippen LogP contribution >= 0.6 is 0 Å². The van der Waals surface area contributed by atoms with Crippen molar-refractivity contribution in [1.82, 2.24) is 4.89 Å². The fourth-order valence-electron chi connectivity index (χ4n) is 1.59. The first kappa shape index (κ1) is 17.4.